The van der Waals surface area contributed by atoms with Crippen molar-refractivity contribution < 1.29 is 13.5 Å². The van der Waals surface area contributed by atoms with Crippen molar-refractivity contribution in [3.05, 3.63) is 29.8 Å². The Morgan fingerprint density at radius 3 is 2.91 bits per heavy atom. The Kier molecular flexibility index (Phi) is 5.98. The molecule has 6 heteroatoms. The normalized spacial score (nSPS) is 20.6. The van der Waals surface area contributed by atoms with Gasteiger partial charge in [0.15, 0.2) is 17.5 Å². The first-order chi connectivity index (χ1) is 10.6. The molecule has 0 aliphatic heterocycles. The van der Waals surface area contributed by atoms with Gasteiger partial charge in [-0.25, -0.2) is 8.78 Å². The second-order valence-electron chi connectivity index (χ2n) is 5.46. The van der Waals surface area contributed by atoms with Gasteiger partial charge >= 0.3 is 0 Å². The summed E-state index contributed by atoms with van der Waals surface area (Å²) >= 11 is 0. The van der Waals surface area contributed by atoms with E-state index in [1.165, 1.54) is 31.4 Å². The molecule has 1 aromatic rings. The number of benzene rings is 1. The number of hydrogen-bond donors (Lipinski definition) is 2. The van der Waals surface area contributed by atoms with E-state index >= 15 is 0 Å². The molecule has 2 N–H and O–H groups in total. The third kappa shape index (κ3) is 4.86. The van der Waals surface area contributed by atoms with Crippen LogP contribution in [0.4, 0.5) is 8.78 Å². The van der Waals surface area contributed by atoms with Crippen LogP contribution in [-0.4, -0.2) is 32.2 Å². The molecule has 122 valence electrons. The molecule has 0 spiro atoms. The quantitative estimate of drug-likeness (QED) is 0.462. The highest BCUT2D eigenvalue weighted by Crippen LogP contribution is 2.34. The summed E-state index contributed by atoms with van der Waals surface area (Å²) in [5.41, 5.74) is 0. The minimum atomic E-state index is -0.692. The van der Waals surface area contributed by atoms with Gasteiger partial charge in [0.05, 0.1) is 6.54 Å². The molecule has 2 atom stereocenters. The van der Waals surface area contributed by atoms with Crippen LogP contribution >= 0.6 is 0 Å². The van der Waals surface area contributed by atoms with Gasteiger partial charge in [0.1, 0.15) is 12.4 Å². The van der Waals surface area contributed by atoms with Crippen molar-refractivity contribution in [2.24, 2.45) is 10.9 Å². The molecule has 2 unspecified atom stereocenters. The summed E-state index contributed by atoms with van der Waals surface area (Å²) in [6, 6.07) is 3.77. The average molecular weight is 311 g/mol. The Hall–Kier alpha value is -1.85. The molecule has 0 radical (unpaired) electrons. The van der Waals surface area contributed by atoms with Crippen LogP contribution < -0.4 is 15.4 Å². The highest BCUT2D eigenvalue weighted by atomic mass is 19.1. The van der Waals surface area contributed by atoms with E-state index in [1.54, 1.807) is 7.05 Å². The molecule has 0 heterocycles. The Bertz CT molecular complexity index is 522. The van der Waals surface area contributed by atoms with Gasteiger partial charge in [0, 0.05) is 19.2 Å². The van der Waals surface area contributed by atoms with Crippen LogP contribution in [0.1, 0.15) is 26.2 Å². The second kappa shape index (κ2) is 7.96. The number of guanidine groups is 1. The van der Waals surface area contributed by atoms with Crippen molar-refractivity contribution in [1.29, 1.82) is 0 Å². The zero-order chi connectivity index (χ0) is 15.9. The largest absolute Gasteiger partial charge is 0.489 e. The Labute approximate surface area is 130 Å². The molecular weight excluding hydrogens is 288 g/mol. The fourth-order valence-corrected chi connectivity index (χ4v) is 2.41. The molecule has 4 nitrogen and oxygen atoms in total. The summed E-state index contributed by atoms with van der Waals surface area (Å²) in [5.74, 6) is 0.220. The lowest BCUT2D eigenvalue weighted by Gasteiger charge is -2.12. The van der Waals surface area contributed by atoms with E-state index in [2.05, 4.69) is 22.5 Å². The maximum absolute atomic E-state index is 13.4. The van der Waals surface area contributed by atoms with Crippen LogP contribution in [0, 0.1) is 17.6 Å². The van der Waals surface area contributed by atoms with Crippen LogP contribution in [0.15, 0.2) is 23.2 Å². The lowest BCUT2D eigenvalue weighted by atomic mass is 10.2. The SMILES string of the molecule is CCCC1CC1NC(=NC)NCCOc1ccc(F)cc1F. The Morgan fingerprint density at radius 2 is 2.23 bits per heavy atom. The molecule has 0 amide bonds. The van der Waals surface area contributed by atoms with Crippen molar-refractivity contribution in [3.63, 3.8) is 0 Å². The lowest BCUT2D eigenvalue weighted by molar-refractivity contribution is 0.304. The monoisotopic (exact) mass is 311 g/mol. The fourth-order valence-electron chi connectivity index (χ4n) is 2.41. The van der Waals surface area contributed by atoms with Crippen molar-refractivity contribution in [1.82, 2.24) is 10.6 Å². The lowest BCUT2D eigenvalue weighted by Crippen LogP contribution is -2.40. The zero-order valence-electron chi connectivity index (χ0n) is 13.0. The summed E-state index contributed by atoms with van der Waals surface area (Å²) in [4.78, 5) is 4.15. The van der Waals surface area contributed by atoms with E-state index < -0.39 is 11.6 Å². The molecule has 0 bridgehead atoms. The van der Waals surface area contributed by atoms with E-state index in [4.69, 9.17) is 4.74 Å². The van der Waals surface area contributed by atoms with Gasteiger partial charge < -0.3 is 15.4 Å². The zero-order valence-corrected chi connectivity index (χ0v) is 13.0. The molecule has 2 rings (SSSR count). The smallest absolute Gasteiger partial charge is 0.191 e. The number of nitrogens with one attached hydrogen (secondary N) is 2. The van der Waals surface area contributed by atoms with Crippen LogP contribution in [0.3, 0.4) is 0 Å². The van der Waals surface area contributed by atoms with Crippen LogP contribution in [0.5, 0.6) is 5.75 Å². The van der Waals surface area contributed by atoms with Gasteiger partial charge in [0.25, 0.3) is 0 Å². The second-order valence-corrected chi connectivity index (χ2v) is 5.46. The summed E-state index contributed by atoms with van der Waals surface area (Å²) in [5, 5.41) is 6.47. The topological polar surface area (TPSA) is 45.7 Å². The van der Waals surface area contributed by atoms with E-state index in [-0.39, 0.29) is 12.4 Å². The van der Waals surface area contributed by atoms with Crippen molar-refractivity contribution in [2.75, 3.05) is 20.2 Å². The maximum atomic E-state index is 13.4. The summed E-state index contributed by atoms with van der Waals surface area (Å²) in [6.45, 7) is 2.95. The summed E-state index contributed by atoms with van der Waals surface area (Å²) in [7, 11) is 1.72. The molecule has 1 aliphatic carbocycles. The summed E-state index contributed by atoms with van der Waals surface area (Å²) < 4.78 is 31.4. The van der Waals surface area contributed by atoms with Gasteiger partial charge in [-0.15, -0.1) is 0 Å². The van der Waals surface area contributed by atoms with E-state index in [1.807, 2.05) is 0 Å². The molecule has 22 heavy (non-hydrogen) atoms. The predicted molar refractivity (Wildman–Crippen MR) is 83.2 cm³/mol. The van der Waals surface area contributed by atoms with Gasteiger partial charge in [0.2, 0.25) is 0 Å². The Morgan fingerprint density at radius 1 is 1.41 bits per heavy atom. The Balaban J connectivity index is 1.67. The van der Waals surface area contributed by atoms with Crippen molar-refractivity contribution in [2.45, 2.75) is 32.2 Å². The first-order valence-corrected chi connectivity index (χ1v) is 7.69. The number of aliphatic imine (C=N–C) groups is 1. The van der Waals surface area contributed by atoms with E-state index in [0.29, 0.717) is 12.6 Å². The van der Waals surface area contributed by atoms with Gasteiger partial charge in [-0.2, -0.15) is 0 Å². The first kappa shape index (κ1) is 16.5. The highest BCUT2D eigenvalue weighted by molar-refractivity contribution is 5.80. The van der Waals surface area contributed by atoms with E-state index in [0.717, 1.165) is 17.9 Å². The number of ether oxygens (including phenoxy) is 1. The fraction of sp³-hybridized carbons (Fsp3) is 0.562. The molecule has 1 aromatic carbocycles. The molecule has 1 saturated carbocycles. The van der Waals surface area contributed by atoms with Crippen LogP contribution in [0.2, 0.25) is 0 Å². The maximum Gasteiger partial charge on any atom is 0.191 e. The molecular formula is C16H23F2N3O. The van der Waals surface area contributed by atoms with Crippen LogP contribution in [-0.2, 0) is 0 Å². The van der Waals surface area contributed by atoms with E-state index in [9.17, 15) is 8.78 Å². The third-order valence-corrected chi connectivity index (χ3v) is 3.67. The minimum absolute atomic E-state index is 0.0522. The molecule has 1 fully saturated rings. The minimum Gasteiger partial charge on any atom is -0.489 e. The standard InChI is InChI=1S/C16H23F2N3O/c1-3-4-11-9-14(11)21-16(19-2)20-7-8-22-15-6-5-12(17)10-13(15)18/h5-6,10-11,14H,3-4,7-9H2,1-2H3,(H2,19,20,21). The molecule has 1 aliphatic rings. The molecule has 0 aromatic heterocycles. The number of halogens is 2. The number of rotatable bonds is 7. The van der Waals surface area contributed by atoms with Crippen molar-refractivity contribution in [3.8, 4) is 5.75 Å². The predicted octanol–water partition coefficient (Wildman–Crippen LogP) is 2.70. The third-order valence-electron chi connectivity index (χ3n) is 3.67. The van der Waals surface area contributed by atoms with Gasteiger partial charge in [-0.1, -0.05) is 13.3 Å². The molecule has 0 saturated heterocycles. The van der Waals surface area contributed by atoms with Gasteiger partial charge in [-0.05, 0) is 30.9 Å². The summed E-state index contributed by atoms with van der Waals surface area (Å²) in [6.07, 6.45) is 3.62. The van der Waals surface area contributed by atoms with Crippen molar-refractivity contribution >= 4 is 5.96 Å². The van der Waals surface area contributed by atoms with Gasteiger partial charge in [-0.3, -0.25) is 4.99 Å². The average Bonchev–Trinajstić information content (AvgIpc) is 3.22. The first-order valence-electron chi connectivity index (χ1n) is 7.69. The highest BCUT2D eigenvalue weighted by Gasteiger charge is 2.36. The number of nitrogens with zero attached hydrogens (tertiary/aromatic N) is 1. The van der Waals surface area contributed by atoms with Crippen LogP contribution in [0.25, 0.3) is 0 Å². The number of hydrogen-bond acceptors (Lipinski definition) is 2.